The molecule has 0 spiro atoms. The van der Waals surface area contributed by atoms with Crippen LogP contribution in [0.1, 0.15) is 19.3 Å². The second-order valence-electron chi connectivity index (χ2n) is 4.72. The van der Waals surface area contributed by atoms with Crippen LogP contribution in [0, 0.1) is 0 Å². The summed E-state index contributed by atoms with van der Waals surface area (Å²) in [5.74, 6) is 0.208. The van der Waals surface area contributed by atoms with Crippen molar-refractivity contribution in [3.63, 3.8) is 0 Å². The van der Waals surface area contributed by atoms with E-state index in [1.54, 1.807) is 0 Å². The Morgan fingerprint density at radius 2 is 2.11 bits per heavy atom. The van der Waals surface area contributed by atoms with Crippen LogP contribution in [0.3, 0.4) is 0 Å². The third-order valence-electron chi connectivity index (χ3n) is 3.20. The zero-order valence-corrected chi connectivity index (χ0v) is 11.7. The molecule has 1 aliphatic rings. The first kappa shape index (κ1) is 14.2. The normalized spacial score (nSPS) is 16.8. The van der Waals surface area contributed by atoms with Gasteiger partial charge in [0, 0.05) is 18.8 Å². The van der Waals surface area contributed by atoms with Gasteiger partial charge in [-0.05, 0) is 45.0 Å². The van der Waals surface area contributed by atoms with E-state index in [0.717, 1.165) is 26.1 Å². The lowest BCUT2D eigenvalue weighted by Crippen LogP contribution is -2.28. The Morgan fingerprint density at radius 3 is 2.79 bits per heavy atom. The van der Waals surface area contributed by atoms with E-state index in [1.807, 2.05) is 0 Å². The van der Waals surface area contributed by atoms with Crippen molar-refractivity contribution in [1.82, 2.24) is 14.6 Å². The Labute approximate surface area is 114 Å². The number of likely N-dealkylation sites (tertiary alicyclic amines) is 1. The summed E-state index contributed by atoms with van der Waals surface area (Å²) in [6, 6.07) is 2.81. The predicted molar refractivity (Wildman–Crippen MR) is 74.1 cm³/mol. The van der Waals surface area contributed by atoms with Crippen LogP contribution >= 0.6 is 0 Å². The highest BCUT2D eigenvalue weighted by Gasteiger charge is 2.15. The maximum absolute atomic E-state index is 12.0. The molecule has 0 unspecified atom stereocenters. The lowest BCUT2D eigenvalue weighted by molar-refractivity contribution is 0.334. The van der Waals surface area contributed by atoms with Gasteiger partial charge in [-0.25, -0.2) is 18.1 Å². The molecule has 0 aromatic carbocycles. The number of sulfonamides is 1. The molecule has 1 aliphatic heterocycles. The zero-order chi connectivity index (χ0) is 13.7. The topological polar surface area (TPSA) is 88.3 Å². The molecule has 0 bridgehead atoms. The third kappa shape index (κ3) is 4.15. The minimum Gasteiger partial charge on any atom is -0.384 e. The van der Waals surface area contributed by atoms with E-state index in [2.05, 4.69) is 14.6 Å². The Kier molecular flexibility index (Phi) is 4.73. The summed E-state index contributed by atoms with van der Waals surface area (Å²) in [5, 5.41) is 0. The van der Waals surface area contributed by atoms with E-state index in [4.69, 9.17) is 5.73 Å². The largest absolute Gasteiger partial charge is 0.384 e. The molecule has 1 aromatic heterocycles. The smallest absolute Gasteiger partial charge is 0.240 e. The highest BCUT2D eigenvalue weighted by atomic mass is 32.2. The molecule has 1 aromatic rings. The van der Waals surface area contributed by atoms with Crippen LogP contribution in [-0.4, -0.2) is 44.5 Å². The lowest BCUT2D eigenvalue weighted by Gasteiger charge is -2.14. The molecule has 0 amide bonds. The lowest BCUT2D eigenvalue weighted by atomic mass is 10.4. The summed E-state index contributed by atoms with van der Waals surface area (Å²) in [6.45, 7) is 3.66. The van der Waals surface area contributed by atoms with Crippen LogP contribution in [0.4, 0.5) is 5.82 Å². The fraction of sp³-hybridized carbons (Fsp3) is 0.583. The summed E-state index contributed by atoms with van der Waals surface area (Å²) >= 11 is 0. The third-order valence-corrected chi connectivity index (χ3v) is 4.66. The van der Waals surface area contributed by atoms with Gasteiger partial charge in [0.2, 0.25) is 10.0 Å². The van der Waals surface area contributed by atoms with E-state index in [0.29, 0.717) is 6.54 Å². The molecule has 0 aliphatic carbocycles. The van der Waals surface area contributed by atoms with E-state index >= 15 is 0 Å². The Morgan fingerprint density at radius 1 is 1.37 bits per heavy atom. The molecular weight excluding hydrogens is 264 g/mol. The number of hydrogen-bond donors (Lipinski definition) is 2. The highest BCUT2D eigenvalue weighted by Crippen LogP contribution is 2.10. The number of rotatable bonds is 6. The van der Waals surface area contributed by atoms with Crippen molar-refractivity contribution in [3.05, 3.63) is 18.3 Å². The number of nitrogen functional groups attached to an aromatic ring is 1. The molecule has 0 saturated carbocycles. The van der Waals surface area contributed by atoms with Crippen molar-refractivity contribution in [2.45, 2.75) is 24.2 Å². The number of nitrogens with one attached hydrogen (secondary N) is 1. The molecule has 1 fully saturated rings. The van der Waals surface area contributed by atoms with Gasteiger partial charge < -0.3 is 10.6 Å². The molecule has 0 atom stereocenters. The summed E-state index contributed by atoms with van der Waals surface area (Å²) in [7, 11) is -3.47. The van der Waals surface area contributed by atoms with Gasteiger partial charge in [0.25, 0.3) is 0 Å². The van der Waals surface area contributed by atoms with Crippen molar-refractivity contribution in [1.29, 1.82) is 0 Å². The minimum atomic E-state index is -3.47. The average molecular weight is 284 g/mol. The molecule has 2 rings (SSSR count). The second kappa shape index (κ2) is 6.31. The van der Waals surface area contributed by atoms with Gasteiger partial charge >= 0.3 is 0 Å². The number of aromatic nitrogens is 1. The predicted octanol–water partition coefficient (Wildman–Crippen LogP) is 0.428. The summed E-state index contributed by atoms with van der Waals surface area (Å²) in [5.41, 5.74) is 5.48. The summed E-state index contributed by atoms with van der Waals surface area (Å²) in [6.07, 6.45) is 4.72. The quantitative estimate of drug-likeness (QED) is 0.740. The van der Waals surface area contributed by atoms with Crippen molar-refractivity contribution in [3.8, 4) is 0 Å². The Balaban J connectivity index is 1.80. The van der Waals surface area contributed by atoms with Crippen LogP contribution in [0.5, 0.6) is 0 Å². The fourth-order valence-corrected chi connectivity index (χ4v) is 3.29. The van der Waals surface area contributed by atoms with Gasteiger partial charge in [-0.1, -0.05) is 0 Å². The molecule has 0 radical (unpaired) electrons. The summed E-state index contributed by atoms with van der Waals surface area (Å²) < 4.78 is 26.5. The Bertz CT molecular complexity index is 512. The molecule has 3 N–H and O–H groups in total. The molecule has 106 valence electrons. The maximum Gasteiger partial charge on any atom is 0.240 e. The van der Waals surface area contributed by atoms with Crippen molar-refractivity contribution in [2.24, 2.45) is 0 Å². The van der Waals surface area contributed by atoms with Gasteiger partial charge in [-0.2, -0.15) is 0 Å². The second-order valence-corrected chi connectivity index (χ2v) is 6.48. The first-order valence-electron chi connectivity index (χ1n) is 6.51. The summed E-state index contributed by atoms with van der Waals surface area (Å²) in [4.78, 5) is 6.31. The zero-order valence-electron chi connectivity index (χ0n) is 10.9. The molecule has 1 saturated heterocycles. The van der Waals surface area contributed by atoms with E-state index in [1.165, 1.54) is 31.2 Å². The fourth-order valence-electron chi connectivity index (χ4n) is 2.19. The van der Waals surface area contributed by atoms with Gasteiger partial charge in [-0.3, -0.25) is 0 Å². The van der Waals surface area contributed by atoms with Gasteiger partial charge in [-0.15, -0.1) is 0 Å². The maximum atomic E-state index is 12.0. The van der Waals surface area contributed by atoms with Crippen molar-refractivity contribution < 1.29 is 8.42 Å². The van der Waals surface area contributed by atoms with Gasteiger partial charge in [0.05, 0.1) is 4.90 Å². The van der Waals surface area contributed by atoms with E-state index in [-0.39, 0.29) is 10.7 Å². The molecule has 2 heterocycles. The number of hydrogen-bond acceptors (Lipinski definition) is 5. The minimum absolute atomic E-state index is 0.168. The number of nitrogens with two attached hydrogens (primary N) is 1. The molecule has 6 nitrogen and oxygen atoms in total. The van der Waals surface area contributed by atoms with Crippen LogP contribution in [0.25, 0.3) is 0 Å². The van der Waals surface area contributed by atoms with E-state index in [9.17, 15) is 8.42 Å². The number of anilines is 1. The van der Waals surface area contributed by atoms with E-state index < -0.39 is 10.0 Å². The molecule has 7 heteroatoms. The van der Waals surface area contributed by atoms with Crippen LogP contribution in [0.15, 0.2) is 23.2 Å². The average Bonchev–Trinajstić information content (AvgIpc) is 2.88. The SMILES string of the molecule is Nc1cc(S(=O)(=O)NCCCN2CCCC2)ccn1. The highest BCUT2D eigenvalue weighted by molar-refractivity contribution is 7.89. The first-order valence-corrected chi connectivity index (χ1v) is 8.00. The first-order chi connectivity index (χ1) is 9.08. The van der Waals surface area contributed by atoms with Gasteiger partial charge in [0.1, 0.15) is 5.82 Å². The van der Waals surface area contributed by atoms with Gasteiger partial charge in [0.15, 0.2) is 0 Å². The van der Waals surface area contributed by atoms with Crippen molar-refractivity contribution >= 4 is 15.8 Å². The van der Waals surface area contributed by atoms with Crippen LogP contribution < -0.4 is 10.5 Å². The standard InChI is InChI=1S/C12H20N4O2S/c13-12-10-11(4-6-14-12)19(17,18)15-5-3-9-16-7-1-2-8-16/h4,6,10,15H,1-3,5,7-9H2,(H2,13,14). The Hall–Kier alpha value is -1.18. The van der Waals surface area contributed by atoms with Crippen LogP contribution in [0.2, 0.25) is 0 Å². The van der Waals surface area contributed by atoms with Crippen LogP contribution in [-0.2, 0) is 10.0 Å². The number of pyridine rings is 1. The monoisotopic (exact) mass is 284 g/mol. The van der Waals surface area contributed by atoms with Crippen molar-refractivity contribution in [2.75, 3.05) is 31.9 Å². The number of nitrogens with zero attached hydrogens (tertiary/aromatic N) is 2. The molecular formula is C12H20N4O2S. The molecule has 19 heavy (non-hydrogen) atoms.